The first-order valence-corrected chi connectivity index (χ1v) is 41.6. The SMILES string of the molecule is CC(C)C[C@H](NC(=O)[C@H](Cc1ccc(O)cc1)NC(=O)[C@H](CCCCN)NC(=O)[C@H](CCC(=O)O)NC(=O)[C@@H](N)CCCCN)C(=O)NCC(=O)N[C@@H](Cc1ccc2ccc3cccc4ccc1c2c34)C(=O)NCC(=O)N[C@@H](CCCCN)C(=O)N[C@@H](CCC(=O)O)C(=O)N[C@@H](CCCNC(=N)N)C(=O)N[C@@H](CCC(=O)O)C(=O)N[C@@H](CCCCN)C(=O)O. The summed E-state index contributed by atoms with van der Waals surface area (Å²) in [5.74, 6) is -18.1. The minimum atomic E-state index is -1.78. The summed E-state index contributed by atoms with van der Waals surface area (Å²) in [6, 6.07) is 6.05. The molecule has 0 fully saturated rings. The number of carboxylic acids is 4. The van der Waals surface area contributed by atoms with E-state index in [1.54, 1.807) is 19.9 Å². The van der Waals surface area contributed by atoms with Crippen molar-refractivity contribution in [2.24, 2.45) is 40.3 Å². The Morgan fingerprint density at radius 1 is 0.363 bits per heavy atom. The number of aromatic hydroxyl groups is 1. The molecule has 124 heavy (non-hydrogen) atoms. The Morgan fingerprint density at radius 3 is 1.16 bits per heavy atom. The lowest BCUT2D eigenvalue weighted by Gasteiger charge is -2.27. The van der Waals surface area contributed by atoms with Crippen LogP contribution in [0.15, 0.2) is 78.9 Å². The number of guanidine groups is 1. The Morgan fingerprint density at radius 2 is 0.718 bits per heavy atom. The summed E-state index contributed by atoms with van der Waals surface area (Å²) in [5.41, 5.74) is 35.3. The van der Waals surface area contributed by atoms with Gasteiger partial charge in [0.05, 0.1) is 19.1 Å². The van der Waals surface area contributed by atoms with Gasteiger partial charge in [-0.05, 0) is 197 Å². The third kappa shape index (κ3) is 35.5. The quantitative estimate of drug-likeness (QED) is 0.00865. The normalized spacial score (nSPS) is 13.9. The van der Waals surface area contributed by atoms with Crippen LogP contribution in [0.25, 0.3) is 32.3 Å². The molecule has 31 N–H and O–H groups in total. The first-order chi connectivity index (χ1) is 59.1. The van der Waals surface area contributed by atoms with Crippen molar-refractivity contribution in [3.05, 3.63) is 90.0 Å². The lowest BCUT2D eigenvalue weighted by Crippen LogP contribution is -2.59. The second-order valence-corrected chi connectivity index (χ2v) is 30.8. The molecule has 11 atom stereocenters. The zero-order chi connectivity index (χ0) is 91.5. The summed E-state index contributed by atoms with van der Waals surface area (Å²) >= 11 is 0. The molecule has 0 heterocycles. The minimum Gasteiger partial charge on any atom is -0.508 e. The van der Waals surface area contributed by atoms with E-state index in [1.165, 1.54) is 24.3 Å². The lowest BCUT2D eigenvalue weighted by molar-refractivity contribution is -0.143. The van der Waals surface area contributed by atoms with Crippen molar-refractivity contribution in [1.29, 1.82) is 5.41 Å². The predicted octanol–water partition coefficient (Wildman–Crippen LogP) is -2.01. The summed E-state index contributed by atoms with van der Waals surface area (Å²) in [5, 5.41) is 94.6. The second-order valence-electron chi connectivity index (χ2n) is 30.8. The van der Waals surface area contributed by atoms with E-state index in [2.05, 4.69) is 69.1 Å². The summed E-state index contributed by atoms with van der Waals surface area (Å²) in [6.45, 7) is 2.60. The zero-order valence-electron chi connectivity index (χ0n) is 69.9. The van der Waals surface area contributed by atoms with Gasteiger partial charge in [-0.3, -0.25) is 77.3 Å². The van der Waals surface area contributed by atoms with E-state index < -0.39 is 219 Å². The molecule has 0 bridgehead atoms. The molecule has 5 rings (SSSR count). The molecule has 5 aromatic carbocycles. The maximum atomic E-state index is 14.8. The zero-order valence-corrected chi connectivity index (χ0v) is 69.9. The summed E-state index contributed by atoms with van der Waals surface area (Å²) in [7, 11) is 0. The van der Waals surface area contributed by atoms with Crippen LogP contribution in [0.3, 0.4) is 0 Å². The number of hydrogen-bond donors (Lipinski definition) is 25. The van der Waals surface area contributed by atoms with E-state index in [0.29, 0.717) is 55.2 Å². The van der Waals surface area contributed by atoms with Crippen molar-refractivity contribution in [1.82, 2.24) is 69.1 Å². The average molecular weight is 1740 g/mol. The monoisotopic (exact) mass is 1730 g/mol. The number of hydrogen-bond acceptors (Lipinski definition) is 23. The molecule has 0 spiro atoms. The van der Waals surface area contributed by atoms with Gasteiger partial charge in [0, 0.05) is 38.6 Å². The van der Waals surface area contributed by atoms with Crippen LogP contribution in [0.2, 0.25) is 0 Å². The standard InChI is InChI=1S/C83H122N20O21/c1-46(2)41-62(102-81(122)63(42-47-20-27-52(104)28-21-47)103-77(118)56(17-5-9-38-86)97-78(119)58(30-33-67(107)108)96-72(113)54(88)15-3-7-36-84)73(114)92-45-66(106)95-64(43-51-25-24-50-23-22-48-13-11-14-49-26-29-53(51)71(50)70(48)49)74(115)93-44-65(105)94-55(16-4-8-37-85)75(116)99-59(31-34-68(109)110)79(120)98-57(19-12-40-91-83(89)90)76(117)100-60(32-35-69(111)112)80(121)101-61(82(123)124)18-6-10-39-87/h11,13-14,20-29,46,54-64,104H,3-10,12,15-19,30-45,84-88H2,1-2H3,(H,92,114)(H,93,115)(H,94,105)(H,95,106)(H,96,113)(H,97,119)(H,98,120)(H,99,116)(H,100,117)(H,101,121)(H,102,122)(H,103,118)(H,107,108)(H,109,110)(H,111,112)(H,123,124)(H4,89,90,91)/t54-,55-,56-,57-,58-,59-,60-,61-,62-,63-,64-/m0/s1. The molecule has 0 saturated carbocycles. The summed E-state index contributed by atoms with van der Waals surface area (Å²) in [6.07, 6.45) is -1.71. The van der Waals surface area contributed by atoms with Gasteiger partial charge >= 0.3 is 23.9 Å². The van der Waals surface area contributed by atoms with Gasteiger partial charge in [0.1, 0.15) is 66.2 Å². The van der Waals surface area contributed by atoms with Crippen molar-refractivity contribution in [2.75, 3.05) is 45.8 Å². The number of rotatable bonds is 60. The molecule has 12 amide bonds. The smallest absolute Gasteiger partial charge is 0.326 e. The van der Waals surface area contributed by atoms with Crippen LogP contribution >= 0.6 is 0 Å². The van der Waals surface area contributed by atoms with Crippen molar-refractivity contribution in [3.8, 4) is 5.75 Å². The van der Waals surface area contributed by atoms with Crippen LogP contribution in [-0.4, -0.2) is 239 Å². The van der Waals surface area contributed by atoms with E-state index in [-0.39, 0.29) is 115 Å². The molecule has 0 saturated heterocycles. The van der Waals surface area contributed by atoms with Gasteiger partial charge in [-0.15, -0.1) is 0 Å². The van der Waals surface area contributed by atoms with Crippen LogP contribution in [-0.2, 0) is 89.6 Å². The number of carboxylic acid groups (broad SMARTS) is 4. The van der Waals surface area contributed by atoms with Crippen molar-refractivity contribution in [2.45, 2.75) is 228 Å². The van der Waals surface area contributed by atoms with Crippen molar-refractivity contribution in [3.63, 3.8) is 0 Å². The summed E-state index contributed by atoms with van der Waals surface area (Å²) in [4.78, 5) is 219. The Labute approximate surface area is 716 Å². The number of nitrogens with one attached hydrogen (secondary N) is 14. The number of unbranched alkanes of at least 4 members (excludes halogenated alkanes) is 4. The number of amides is 12. The fourth-order valence-electron chi connectivity index (χ4n) is 13.8. The molecule has 0 aliphatic heterocycles. The van der Waals surface area contributed by atoms with E-state index in [4.69, 9.17) is 39.8 Å². The van der Waals surface area contributed by atoms with E-state index in [0.717, 1.165) is 26.9 Å². The number of aliphatic carboxylic acids is 4. The van der Waals surface area contributed by atoms with Gasteiger partial charge in [-0.25, -0.2) is 4.79 Å². The number of benzene rings is 5. The minimum absolute atomic E-state index is 0.0214. The Bertz CT molecular complexity index is 4440. The predicted molar refractivity (Wildman–Crippen MR) is 457 cm³/mol. The number of phenolic OH excluding ortho intramolecular Hbond substituents is 1. The largest absolute Gasteiger partial charge is 0.508 e. The molecule has 0 aromatic heterocycles. The van der Waals surface area contributed by atoms with Crippen LogP contribution < -0.4 is 104 Å². The van der Waals surface area contributed by atoms with Gasteiger partial charge in [0.15, 0.2) is 5.96 Å². The van der Waals surface area contributed by atoms with Crippen LogP contribution in [0.5, 0.6) is 5.75 Å². The topological polar surface area (TPSA) is 711 Å². The number of carbonyl (C=O) groups excluding carboxylic acids is 12. The molecule has 680 valence electrons. The van der Waals surface area contributed by atoms with Gasteiger partial charge in [-0.1, -0.05) is 87.0 Å². The first kappa shape index (κ1) is 102. The van der Waals surface area contributed by atoms with Gasteiger partial charge in [0.2, 0.25) is 70.9 Å². The molecule has 5 aromatic rings. The third-order valence-electron chi connectivity index (χ3n) is 20.4. The molecule has 0 radical (unpaired) electrons. The molecule has 0 unspecified atom stereocenters. The fourth-order valence-corrected chi connectivity index (χ4v) is 13.8. The molecular formula is C83H122N20O21. The highest BCUT2D eigenvalue weighted by molar-refractivity contribution is 6.23. The number of carbonyl (C=O) groups is 16. The summed E-state index contributed by atoms with van der Waals surface area (Å²) < 4.78 is 0. The van der Waals surface area contributed by atoms with Gasteiger partial charge in [0.25, 0.3) is 0 Å². The average Bonchev–Trinajstić information content (AvgIpc) is 0.739. The van der Waals surface area contributed by atoms with Crippen LogP contribution in [0.1, 0.15) is 160 Å². The number of phenols is 1. The molecule has 41 nitrogen and oxygen atoms in total. The Balaban J connectivity index is 1.42. The van der Waals surface area contributed by atoms with E-state index in [1.807, 2.05) is 48.5 Å². The highest BCUT2D eigenvalue weighted by atomic mass is 16.4. The second kappa shape index (κ2) is 53.4. The first-order valence-electron chi connectivity index (χ1n) is 41.6. The maximum Gasteiger partial charge on any atom is 0.326 e. The van der Waals surface area contributed by atoms with Crippen LogP contribution in [0.4, 0.5) is 0 Å². The van der Waals surface area contributed by atoms with Gasteiger partial charge in [-0.2, -0.15) is 0 Å². The molecule has 41 heteroatoms. The number of nitrogens with two attached hydrogens (primary N) is 6. The third-order valence-corrected chi connectivity index (χ3v) is 20.4. The molecule has 0 aliphatic carbocycles. The fraction of sp³-hybridized carbons (Fsp3) is 0.530. The van der Waals surface area contributed by atoms with Crippen LogP contribution in [0, 0.1) is 11.3 Å². The molecular weight excluding hydrogens is 1610 g/mol. The Hall–Kier alpha value is -12.5. The highest BCUT2D eigenvalue weighted by Gasteiger charge is 2.37. The van der Waals surface area contributed by atoms with E-state index >= 15 is 0 Å². The highest BCUT2D eigenvalue weighted by Crippen LogP contribution is 2.36. The maximum absolute atomic E-state index is 14.8. The Kier molecular flexibility index (Phi) is 44.0. The van der Waals surface area contributed by atoms with E-state index in [9.17, 15) is 102 Å². The van der Waals surface area contributed by atoms with Crippen molar-refractivity contribution >= 4 is 133 Å². The van der Waals surface area contributed by atoms with Gasteiger partial charge < -0.3 is 129 Å². The van der Waals surface area contributed by atoms with Crippen molar-refractivity contribution < 1.29 is 102 Å². The lowest BCUT2D eigenvalue weighted by atomic mass is 9.90. The molecule has 0 aliphatic rings.